The summed E-state index contributed by atoms with van der Waals surface area (Å²) in [5.74, 6) is -5.82. The lowest BCUT2D eigenvalue weighted by molar-refractivity contribution is -0.141. The van der Waals surface area contributed by atoms with Crippen molar-refractivity contribution < 1.29 is 38.9 Å². The monoisotopic (exact) mass is 592 g/mol. The van der Waals surface area contributed by atoms with Gasteiger partial charge in [-0.05, 0) is 37.7 Å². The Balaban J connectivity index is 1.55. The van der Waals surface area contributed by atoms with Crippen LogP contribution in [0.25, 0.3) is 0 Å². The molecule has 6 atom stereocenters. The molecule has 4 aliphatic rings. The molecule has 2 aliphatic heterocycles. The van der Waals surface area contributed by atoms with Crippen LogP contribution in [0.4, 0.5) is 0 Å². The Bertz CT molecular complexity index is 1350. The lowest BCUT2D eigenvalue weighted by Crippen LogP contribution is -2.60. The Hall–Kier alpha value is -3.11. The number of phenolic OH excluding ortho intramolecular Hbond substituents is 1. The number of imide groups is 2. The van der Waals surface area contributed by atoms with E-state index in [0.29, 0.717) is 30.4 Å². The van der Waals surface area contributed by atoms with Crippen LogP contribution >= 0.6 is 23.2 Å². The summed E-state index contributed by atoms with van der Waals surface area (Å²) in [6, 6.07) is 4.37. The Kier molecular flexibility index (Phi) is 7.15. The van der Waals surface area contributed by atoms with E-state index in [1.54, 1.807) is 6.07 Å². The van der Waals surface area contributed by atoms with Gasteiger partial charge in [0.25, 0.3) is 11.8 Å². The highest BCUT2D eigenvalue weighted by atomic mass is 35.5. The Morgan fingerprint density at radius 3 is 2.48 bits per heavy atom. The summed E-state index contributed by atoms with van der Waals surface area (Å²) in [6.07, 6.45) is 3.46. The number of phenols is 1. The molecule has 2 N–H and O–H groups in total. The van der Waals surface area contributed by atoms with E-state index in [9.17, 15) is 29.1 Å². The number of alkyl halides is 2. The van der Waals surface area contributed by atoms with Crippen molar-refractivity contribution in [3.63, 3.8) is 0 Å². The minimum Gasteiger partial charge on any atom is -0.508 e. The second-order valence-corrected chi connectivity index (χ2v) is 12.2. The molecule has 214 valence electrons. The molecule has 12 heteroatoms. The molecule has 2 heterocycles. The molecule has 2 saturated heterocycles. The Morgan fingerprint density at radius 2 is 1.80 bits per heavy atom. The smallest absolute Gasteiger partial charge is 0.303 e. The zero-order chi connectivity index (χ0) is 29.1. The number of carboxylic acid groups (broad SMARTS) is 1. The van der Waals surface area contributed by atoms with E-state index in [1.807, 2.05) is 6.08 Å². The van der Waals surface area contributed by atoms with Crippen LogP contribution in [0.2, 0.25) is 0 Å². The molecule has 0 spiro atoms. The first-order valence-corrected chi connectivity index (χ1v) is 14.0. The summed E-state index contributed by atoms with van der Waals surface area (Å²) in [5.41, 5.74) is 1.07. The van der Waals surface area contributed by atoms with Crippen LogP contribution in [-0.4, -0.2) is 80.1 Å². The third-order valence-corrected chi connectivity index (χ3v) is 10.3. The zero-order valence-corrected chi connectivity index (χ0v) is 23.6. The molecule has 0 aromatic heterocycles. The molecule has 1 aromatic rings. The zero-order valence-electron chi connectivity index (χ0n) is 22.1. The Morgan fingerprint density at radius 1 is 1.07 bits per heavy atom. The first kappa shape index (κ1) is 28.4. The first-order chi connectivity index (χ1) is 18.9. The molecule has 1 saturated carbocycles. The van der Waals surface area contributed by atoms with E-state index in [1.165, 1.54) is 31.2 Å². The van der Waals surface area contributed by atoms with E-state index in [2.05, 4.69) is 0 Å². The maximum absolute atomic E-state index is 13.8. The molecular formula is C28H30Cl2N2O8. The summed E-state index contributed by atoms with van der Waals surface area (Å²) in [4.78, 5) is 63.3. The van der Waals surface area contributed by atoms with Crippen LogP contribution in [0.15, 0.2) is 29.8 Å². The van der Waals surface area contributed by atoms with Crippen LogP contribution in [0.3, 0.4) is 0 Å². The summed E-state index contributed by atoms with van der Waals surface area (Å²) in [7, 11) is 2.72. The van der Waals surface area contributed by atoms with Gasteiger partial charge in [-0.25, -0.2) is 0 Å². The SMILES string of the molecule is COc1cc(O)ccc1C1C2=CCC3C(=O)N(CCCCCC(=O)O)C(=O)C3C2CC2(Cl)C(=O)N(C)C(=O)C12Cl. The number of rotatable bonds is 8. The van der Waals surface area contributed by atoms with Gasteiger partial charge in [0.1, 0.15) is 11.5 Å². The number of benzene rings is 1. The number of nitrogens with zero attached hydrogens (tertiary/aromatic N) is 2. The number of ether oxygens (including phenoxy) is 1. The number of allylic oxidation sites excluding steroid dienone is 2. The van der Waals surface area contributed by atoms with Crippen molar-refractivity contribution in [1.82, 2.24) is 9.80 Å². The lowest BCUT2D eigenvalue weighted by Gasteiger charge is -2.51. The lowest BCUT2D eigenvalue weighted by atomic mass is 9.56. The predicted octanol–water partition coefficient (Wildman–Crippen LogP) is 3.03. The normalized spacial score (nSPS) is 33.0. The van der Waals surface area contributed by atoms with Crippen molar-refractivity contribution in [1.29, 1.82) is 0 Å². The highest BCUT2D eigenvalue weighted by Crippen LogP contribution is 2.66. The number of amides is 4. The number of carboxylic acids is 1. The van der Waals surface area contributed by atoms with Gasteiger partial charge in [-0.2, -0.15) is 0 Å². The van der Waals surface area contributed by atoms with E-state index < -0.39 is 51.2 Å². The molecule has 10 nitrogen and oxygen atoms in total. The van der Waals surface area contributed by atoms with Crippen LogP contribution in [-0.2, 0) is 24.0 Å². The predicted molar refractivity (Wildman–Crippen MR) is 143 cm³/mol. The maximum Gasteiger partial charge on any atom is 0.303 e. The third kappa shape index (κ3) is 3.94. The number of methoxy groups -OCH3 is 1. The molecule has 6 unspecified atom stereocenters. The van der Waals surface area contributed by atoms with Crippen LogP contribution in [0.5, 0.6) is 11.5 Å². The highest BCUT2D eigenvalue weighted by Gasteiger charge is 2.76. The van der Waals surface area contributed by atoms with E-state index in [0.717, 1.165) is 4.90 Å². The molecular weight excluding hydrogens is 563 g/mol. The van der Waals surface area contributed by atoms with Gasteiger partial charge in [0, 0.05) is 37.6 Å². The number of aromatic hydroxyl groups is 1. The molecule has 0 radical (unpaired) electrons. The quantitative estimate of drug-likeness (QED) is 0.203. The summed E-state index contributed by atoms with van der Waals surface area (Å²) in [5, 5.41) is 18.9. The fourth-order valence-corrected chi connectivity index (χ4v) is 8.05. The van der Waals surface area contributed by atoms with Gasteiger partial charge in [-0.15, -0.1) is 23.2 Å². The number of halogens is 2. The average molecular weight is 593 g/mol. The molecule has 3 fully saturated rings. The van der Waals surface area contributed by atoms with E-state index >= 15 is 0 Å². The molecule has 40 heavy (non-hydrogen) atoms. The van der Waals surface area contributed by atoms with E-state index in [-0.39, 0.29) is 49.1 Å². The van der Waals surface area contributed by atoms with Gasteiger partial charge in [-0.3, -0.25) is 33.8 Å². The van der Waals surface area contributed by atoms with E-state index in [4.69, 9.17) is 33.0 Å². The van der Waals surface area contributed by atoms with Gasteiger partial charge in [0.2, 0.25) is 11.8 Å². The largest absolute Gasteiger partial charge is 0.508 e. The Labute approximate surface area is 240 Å². The molecule has 1 aromatic carbocycles. The second kappa shape index (κ2) is 10.1. The number of carbonyl (C=O) groups is 5. The number of carbonyl (C=O) groups excluding carboxylic acids is 4. The highest BCUT2D eigenvalue weighted by molar-refractivity contribution is 6.53. The first-order valence-electron chi connectivity index (χ1n) is 13.2. The van der Waals surface area contributed by atoms with Crippen molar-refractivity contribution >= 4 is 52.8 Å². The second-order valence-electron chi connectivity index (χ2n) is 11.0. The number of aliphatic carboxylic acids is 1. The molecule has 5 rings (SSSR count). The topological polar surface area (TPSA) is 142 Å². The number of fused-ring (bicyclic) bond motifs is 4. The van der Waals surface area contributed by atoms with Crippen molar-refractivity contribution in [3.05, 3.63) is 35.4 Å². The van der Waals surface area contributed by atoms with Gasteiger partial charge in [-0.1, -0.05) is 24.1 Å². The fraction of sp³-hybridized carbons (Fsp3) is 0.536. The van der Waals surface area contributed by atoms with Crippen molar-refractivity contribution in [2.75, 3.05) is 20.7 Å². The van der Waals surface area contributed by atoms with Gasteiger partial charge in [0.15, 0.2) is 9.75 Å². The van der Waals surface area contributed by atoms with Crippen LogP contribution in [0.1, 0.15) is 50.0 Å². The van der Waals surface area contributed by atoms with Crippen molar-refractivity contribution in [2.45, 2.75) is 54.2 Å². The van der Waals surface area contributed by atoms with Gasteiger partial charge >= 0.3 is 5.97 Å². The summed E-state index contributed by atoms with van der Waals surface area (Å²) in [6.45, 7) is 0.174. The number of likely N-dealkylation sites (tertiary alicyclic amines) is 2. The summed E-state index contributed by atoms with van der Waals surface area (Å²) < 4.78 is 5.53. The van der Waals surface area contributed by atoms with Crippen LogP contribution in [0, 0.1) is 17.8 Å². The van der Waals surface area contributed by atoms with Crippen LogP contribution < -0.4 is 4.74 Å². The maximum atomic E-state index is 13.8. The summed E-state index contributed by atoms with van der Waals surface area (Å²) >= 11 is 14.3. The van der Waals surface area contributed by atoms with Gasteiger partial charge in [0.05, 0.1) is 18.9 Å². The number of unbranched alkanes of at least 4 members (excludes halogenated alkanes) is 2. The van der Waals surface area contributed by atoms with Crippen molar-refractivity contribution in [3.8, 4) is 11.5 Å². The van der Waals surface area contributed by atoms with Crippen molar-refractivity contribution in [2.24, 2.45) is 17.8 Å². The minimum atomic E-state index is -1.94. The molecule has 2 aliphatic carbocycles. The molecule has 0 bridgehead atoms. The number of hydrogen-bond donors (Lipinski definition) is 2. The fourth-order valence-electron chi connectivity index (χ4n) is 7.04. The molecule has 4 amide bonds. The third-order valence-electron chi connectivity index (χ3n) is 8.91. The number of hydrogen-bond acceptors (Lipinski definition) is 7. The standard InChI is InChI=1S/C28H30Cl2N2O8/c1-31-25(38)27(29)13-18-15(22(28(27,30)26(31)39)16-8-7-14(33)12-19(16)40-2)9-10-17-21(18)24(37)32(23(17)36)11-5-3-4-6-20(34)35/h7-9,12,17-18,21-22,33H,3-6,10-11,13H2,1-2H3,(H,34,35). The minimum absolute atomic E-state index is 0.0176. The van der Waals surface area contributed by atoms with Gasteiger partial charge < -0.3 is 14.9 Å². The average Bonchev–Trinajstić information content (AvgIpc) is 3.23.